The normalized spacial score (nSPS) is 19.9. The minimum absolute atomic E-state index is 0.0224. The van der Waals surface area contributed by atoms with Gasteiger partial charge < -0.3 is 9.88 Å². The SMILES string of the molecule is Cn1cnc(S(=O)(=O)N2C[C@H](Nc3cc(C(F)(F)F)cnn3)[C@@H](c3ccc(F)cc3)C2)c1. The van der Waals surface area contributed by atoms with Crippen LogP contribution in [0.5, 0.6) is 0 Å². The lowest BCUT2D eigenvalue weighted by atomic mass is 9.94. The molecule has 0 spiro atoms. The Morgan fingerprint density at radius 2 is 1.88 bits per heavy atom. The molecule has 0 aliphatic carbocycles. The number of aryl methyl sites for hydroxylation is 1. The van der Waals surface area contributed by atoms with Crippen LogP contribution in [0.25, 0.3) is 0 Å². The summed E-state index contributed by atoms with van der Waals surface area (Å²) in [5.41, 5.74) is -0.355. The quantitative estimate of drug-likeness (QED) is 0.577. The summed E-state index contributed by atoms with van der Waals surface area (Å²) in [6.45, 7) is -0.0343. The predicted molar refractivity (Wildman–Crippen MR) is 106 cm³/mol. The maximum Gasteiger partial charge on any atom is 0.418 e. The Hall–Kier alpha value is -3.06. The van der Waals surface area contributed by atoms with Crippen molar-refractivity contribution in [3.63, 3.8) is 0 Å². The second-order valence-corrected chi connectivity index (χ2v) is 9.32. The van der Waals surface area contributed by atoms with Gasteiger partial charge in [-0.15, -0.1) is 5.10 Å². The van der Waals surface area contributed by atoms with Crippen molar-refractivity contribution in [1.29, 1.82) is 0 Å². The summed E-state index contributed by atoms with van der Waals surface area (Å²) in [6.07, 6.45) is -1.28. The zero-order valence-corrected chi connectivity index (χ0v) is 17.5. The molecule has 3 aromatic rings. The second-order valence-electron chi connectivity index (χ2n) is 7.44. The number of benzene rings is 1. The zero-order valence-electron chi connectivity index (χ0n) is 16.7. The number of nitrogens with one attached hydrogen (secondary N) is 1. The Morgan fingerprint density at radius 3 is 2.50 bits per heavy atom. The third-order valence-corrected chi connectivity index (χ3v) is 6.90. The number of imidazole rings is 1. The molecule has 2 atom stereocenters. The first-order valence-electron chi connectivity index (χ1n) is 9.44. The van der Waals surface area contributed by atoms with Crippen molar-refractivity contribution in [2.75, 3.05) is 18.4 Å². The van der Waals surface area contributed by atoms with Gasteiger partial charge in [0.25, 0.3) is 10.0 Å². The molecule has 1 saturated heterocycles. The minimum Gasteiger partial charge on any atom is -0.364 e. The van der Waals surface area contributed by atoms with E-state index >= 15 is 0 Å². The highest BCUT2D eigenvalue weighted by atomic mass is 32.2. The molecule has 1 aliphatic rings. The Bertz CT molecular complexity index is 1210. The van der Waals surface area contributed by atoms with E-state index in [1.54, 1.807) is 7.05 Å². The smallest absolute Gasteiger partial charge is 0.364 e. The van der Waals surface area contributed by atoms with Crippen LogP contribution >= 0.6 is 0 Å². The van der Waals surface area contributed by atoms with Crippen molar-refractivity contribution in [3.8, 4) is 0 Å². The number of alkyl halides is 3. The van der Waals surface area contributed by atoms with Gasteiger partial charge in [-0.2, -0.15) is 22.6 Å². The number of sulfonamides is 1. The van der Waals surface area contributed by atoms with E-state index in [4.69, 9.17) is 0 Å². The van der Waals surface area contributed by atoms with Crippen molar-refractivity contribution in [3.05, 3.63) is 66.0 Å². The predicted octanol–water partition coefficient (Wildman–Crippen LogP) is 2.64. The summed E-state index contributed by atoms with van der Waals surface area (Å²) in [5.74, 6) is -1.09. The number of hydrogen-bond donors (Lipinski definition) is 1. The molecule has 4 rings (SSSR count). The van der Waals surface area contributed by atoms with Gasteiger partial charge in [-0.1, -0.05) is 12.1 Å². The van der Waals surface area contributed by atoms with Gasteiger partial charge in [0.2, 0.25) is 0 Å². The maximum atomic E-state index is 13.4. The first kappa shape index (κ1) is 22.1. The van der Waals surface area contributed by atoms with Crippen LogP contribution in [0.15, 0.2) is 54.1 Å². The fourth-order valence-electron chi connectivity index (χ4n) is 3.59. The Balaban J connectivity index is 1.66. The van der Waals surface area contributed by atoms with E-state index in [9.17, 15) is 26.0 Å². The lowest BCUT2D eigenvalue weighted by Crippen LogP contribution is -2.32. The molecular formula is C19H18F4N6O2S. The third-order valence-electron chi connectivity index (χ3n) is 5.19. The molecule has 0 bridgehead atoms. The number of anilines is 1. The molecule has 0 amide bonds. The average Bonchev–Trinajstić information content (AvgIpc) is 3.36. The fourth-order valence-corrected chi connectivity index (χ4v) is 5.05. The van der Waals surface area contributed by atoms with Crippen LogP contribution in [0.1, 0.15) is 17.0 Å². The topological polar surface area (TPSA) is 93.0 Å². The fraction of sp³-hybridized carbons (Fsp3) is 0.316. The average molecular weight is 470 g/mol. The van der Waals surface area contributed by atoms with Crippen LogP contribution in [-0.4, -0.2) is 51.6 Å². The summed E-state index contributed by atoms with van der Waals surface area (Å²) in [5, 5.41) is 9.83. The van der Waals surface area contributed by atoms with Gasteiger partial charge in [-0.3, -0.25) is 0 Å². The van der Waals surface area contributed by atoms with Crippen LogP contribution in [-0.2, 0) is 23.2 Å². The highest BCUT2D eigenvalue weighted by Gasteiger charge is 2.41. The maximum absolute atomic E-state index is 13.4. The molecule has 32 heavy (non-hydrogen) atoms. The minimum atomic E-state index is -4.60. The van der Waals surface area contributed by atoms with Crippen molar-refractivity contribution in [1.82, 2.24) is 24.1 Å². The second kappa shape index (κ2) is 8.13. The largest absolute Gasteiger partial charge is 0.418 e. The Kier molecular flexibility index (Phi) is 5.63. The zero-order chi connectivity index (χ0) is 23.1. The van der Waals surface area contributed by atoms with Gasteiger partial charge in [0.05, 0.1) is 18.1 Å². The first-order valence-corrected chi connectivity index (χ1v) is 10.9. The van der Waals surface area contributed by atoms with E-state index < -0.39 is 39.5 Å². The molecule has 2 aromatic heterocycles. The van der Waals surface area contributed by atoms with E-state index in [0.29, 0.717) is 11.8 Å². The van der Waals surface area contributed by atoms with E-state index in [-0.39, 0.29) is 23.9 Å². The molecule has 0 radical (unpaired) electrons. The lowest BCUT2D eigenvalue weighted by Gasteiger charge is -2.21. The summed E-state index contributed by atoms with van der Waals surface area (Å²) in [4.78, 5) is 3.91. The first-order chi connectivity index (χ1) is 15.0. The van der Waals surface area contributed by atoms with Gasteiger partial charge in [0.15, 0.2) is 5.03 Å². The van der Waals surface area contributed by atoms with Gasteiger partial charge >= 0.3 is 6.18 Å². The standard InChI is InChI=1S/C19H18F4N6O2S/c1-28-10-18(24-11-28)32(30,31)29-8-15(12-2-4-14(20)5-3-12)16(9-29)26-17-6-13(7-25-27-17)19(21,22)23/h2-7,10-11,15-16H,8-9H2,1H3,(H,26,27)/t15-,16+/m1/s1. The van der Waals surface area contributed by atoms with E-state index in [0.717, 1.165) is 6.07 Å². The highest BCUT2D eigenvalue weighted by molar-refractivity contribution is 7.89. The Morgan fingerprint density at radius 1 is 1.16 bits per heavy atom. The molecule has 1 aliphatic heterocycles. The van der Waals surface area contributed by atoms with Crippen LogP contribution < -0.4 is 5.32 Å². The number of rotatable bonds is 5. The number of halogens is 4. The molecule has 1 fully saturated rings. The van der Waals surface area contributed by atoms with Gasteiger partial charge in [-0.25, -0.2) is 17.8 Å². The summed E-state index contributed by atoms with van der Waals surface area (Å²) in [7, 11) is -2.32. The van der Waals surface area contributed by atoms with Crippen LogP contribution in [0.3, 0.4) is 0 Å². The molecular weight excluding hydrogens is 452 g/mol. The monoisotopic (exact) mass is 470 g/mol. The number of nitrogens with zero attached hydrogens (tertiary/aromatic N) is 5. The van der Waals surface area contributed by atoms with Crippen molar-refractivity contribution in [2.24, 2.45) is 7.05 Å². The summed E-state index contributed by atoms with van der Waals surface area (Å²) < 4.78 is 81.3. The van der Waals surface area contributed by atoms with Gasteiger partial charge in [-0.05, 0) is 23.8 Å². The van der Waals surface area contributed by atoms with Crippen LogP contribution in [0.2, 0.25) is 0 Å². The van der Waals surface area contributed by atoms with Crippen molar-refractivity contribution >= 4 is 15.8 Å². The van der Waals surface area contributed by atoms with Crippen molar-refractivity contribution in [2.45, 2.75) is 23.2 Å². The molecule has 0 saturated carbocycles. The molecule has 3 heterocycles. The van der Waals surface area contributed by atoms with Crippen LogP contribution in [0, 0.1) is 5.82 Å². The molecule has 1 aromatic carbocycles. The number of aromatic nitrogens is 4. The third kappa shape index (κ3) is 4.43. The Labute approximate surface area is 181 Å². The van der Waals surface area contributed by atoms with Gasteiger partial charge in [0.1, 0.15) is 11.6 Å². The van der Waals surface area contributed by atoms with E-state index in [1.807, 2.05) is 0 Å². The summed E-state index contributed by atoms with van der Waals surface area (Å²) >= 11 is 0. The number of hydrogen-bond acceptors (Lipinski definition) is 6. The van der Waals surface area contributed by atoms with E-state index in [2.05, 4.69) is 20.5 Å². The lowest BCUT2D eigenvalue weighted by molar-refractivity contribution is -0.137. The molecule has 8 nitrogen and oxygen atoms in total. The highest BCUT2D eigenvalue weighted by Crippen LogP contribution is 2.34. The summed E-state index contributed by atoms with van der Waals surface area (Å²) in [6, 6.07) is 5.69. The van der Waals surface area contributed by atoms with E-state index in [1.165, 1.54) is 45.7 Å². The molecule has 13 heteroatoms. The van der Waals surface area contributed by atoms with Crippen LogP contribution in [0.4, 0.5) is 23.4 Å². The molecule has 170 valence electrons. The van der Waals surface area contributed by atoms with Gasteiger partial charge in [0, 0.05) is 38.3 Å². The molecule has 0 unspecified atom stereocenters. The molecule has 1 N–H and O–H groups in total. The van der Waals surface area contributed by atoms with Crippen molar-refractivity contribution < 1.29 is 26.0 Å².